The van der Waals surface area contributed by atoms with E-state index in [1.54, 1.807) is 0 Å². The number of alkyl halides is 2. The highest BCUT2D eigenvalue weighted by molar-refractivity contribution is 6.54. The summed E-state index contributed by atoms with van der Waals surface area (Å²) in [5.41, 5.74) is 4.09. The van der Waals surface area contributed by atoms with E-state index in [1.165, 1.54) is 16.7 Å². The molecule has 3 rings (SSSR count). The first-order valence-corrected chi connectivity index (χ1v) is 7.83. The molecule has 0 radical (unpaired) electrons. The Morgan fingerprint density at radius 2 is 1.55 bits per heavy atom. The van der Waals surface area contributed by atoms with Crippen molar-refractivity contribution in [1.29, 1.82) is 0 Å². The van der Waals surface area contributed by atoms with Gasteiger partial charge >= 0.3 is 5.97 Å². The number of carboxylic acid groups (broad SMARTS) is 1. The highest BCUT2D eigenvalue weighted by atomic mass is 35.5. The fraction of sp³-hybridized carbons (Fsp3) is 0.278. The maximum absolute atomic E-state index is 11.6. The summed E-state index contributed by atoms with van der Waals surface area (Å²) in [5, 5.41) is 9.50. The number of carboxylic acids is 1. The van der Waals surface area contributed by atoms with Crippen LogP contribution in [0.1, 0.15) is 23.1 Å². The molecule has 1 atom stereocenters. The van der Waals surface area contributed by atoms with Crippen molar-refractivity contribution in [1.82, 2.24) is 0 Å². The van der Waals surface area contributed by atoms with Gasteiger partial charge in [0.1, 0.15) is 9.75 Å². The molecule has 22 heavy (non-hydrogen) atoms. The van der Waals surface area contributed by atoms with Crippen LogP contribution in [0.15, 0.2) is 42.5 Å². The van der Waals surface area contributed by atoms with Crippen molar-refractivity contribution in [3.05, 3.63) is 59.2 Å². The van der Waals surface area contributed by atoms with Gasteiger partial charge in [-0.25, -0.2) is 0 Å². The molecule has 0 heterocycles. The van der Waals surface area contributed by atoms with Crippen LogP contribution in [0.5, 0.6) is 0 Å². The third kappa shape index (κ3) is 2.13. The van der Waals surface area contributed by atoms with Gasteiger partial charge < -0.3 is 5.11 Å². The van der Waals surface area contributed by atoms with Crippen LogP contribution >= 0.6 is 23.2 Å². The van der Waals surface area contributed by atoms with Gasteiger partial charge in [0.15, 0.2) is 0 Å². The topological polar surface area (TPSA) is 37.3 Å². The third-order valence-corrected chi connectivity index (χ3v) is 5.41. The number of aliphatic carboxylic acids is 1. The molecule has 1 saturated carbocycles. The SMILES string of the molecule is Cc1cccc(C)c1-c1ccc(C2(C(=O)O)CC2(Cl)Cl)cc1. The molecule has 114 valence electrons. The molecule has 1 unspecified atom stereocenters. The molecule has 1 fully saturated rings. The number of hydrogen-bond donors (Lipinski definition) is 1. The molecule has 0 saturated heterocycles. The van der Waals surface area contributed by atoms with Crippen molar-refractivity contribution < 1.29 is 9.90 Å². The Labute approximate surface area is 139 Å². The van der Waals surface area contributed by atoms with Gasteiger partial charge in [-0.05, 0) is 41.7 Å². The Hall–Kier alpha value is -1.51. The summed E-state index contributed by atoms with van der Waals surface area (Å²) < 4.78 is -1.22. The van der Waals surface area contributed by atoms with Crippen LogP contribution in [0.4, 0.5) is 0 Å². The van der Waals surface area contributed by atoms with E-state index in [1.807, 2.05) is 30.3 Å². The molecule has 0 aromatic heterocycles. The monoisotopic (exact) mass is 334 g/mol. The van der Waals surface area contributed by atoms with Crippen LogP contribution in [0.3, 0.4) is 0 Å². The summed E-state index contributed by atoms with van der Waals surface area (Å²) >= 11 is 12.2. The van der Waals surface area contributed by atoms with Crippen molar-refractivity contribution in [2.45, 2.75) is 30.0 Å². The Morgan fingerprint density at radius 3 is 1.95 bits per heavy atom. The van der Waals surface area contributed by atoms with E-state index in [2.05, 4.69) is 26.0 Å². The van der Waals surface area contributed by atoms with Crippen LogP contribution < -0.4 is 0 Å². The van der Waals surface area contributed by atoms with Crippen LogP contribution in [-0.2, 0) is 10.2 Å². The normalized spacial score (nSPS) is 22.4. The molecular formula is C18H16Cl2O2. The number of carbonyl (C=O) groups is 1. The van der Waals surface area contributed by atoms with Crippen molar-refractivity contribution >= 4 is 29.2 Å². The number of hydrogen-bond acceptors (Lipinski definition) is 1. The number of aryl methyl sites for hydroxylation is 2. The van der Waals surface area contributed by atoms with Gasteiger partial charge in [-0.3, -0.25) is 4.79 Å². The molecule has 2 nitrogen and oxygen atoms in total. The largest absolute Gasteiger partial charge is 0.480 e. The van der Waals surface area contributed by atoms with Gasteiger partial charge in [-0.2, -0.15) is 0 Å². The van der Waals surface area contributed by atoms with E-state index < -0.39 is 15.7 Å². The first kappa shape index (κ1) is 15.4. The first-order chi connectivity index (χ1) is 10.3. The van der Waals surface area contributed by atoms with Gasteiger partial charge in [0.05, 0.1) is 0 Å². The summed E-state index contributed by atoms with van der Waals surface area (Å²) in [6, 6.07) is 13.7. The Morgan fingerprint density at radius 1 is 1.05 bits per heavy atom. The summed E-state index contributed by atoms with van der Waals surface area (Å²) in [6.07, 6.45) is 0.237. The second kappa shape index (κ2) is 5.00. The molecule has 2 aromatic rings. The fourth-order valence-corrected chi connectivity index (χ4v) is 3.93. The van der Waals surface area contributed by atoms with Crippen LogP contribution in [0.2, 0.25) is 0 Å². The average molecular weight is 335 g/mol. The summed E-state index contributed by atoms with van der Waals surface area (Å²) in [7, 11) is 0. The quantitative estimate of drug-likeness (QED) is 0.813. The van der Waals surface area contributed by atoms with Gasteiger partial charge in [0.25, 0.3) is 0 Å². The Balaban J connectivity index is 2.03. The molecule has 0 amide bonds. The maximum atomic E-state index is 11.6. The van der Waals surface area contributed by atoms with Crippen molar-refractivity contribution in [2.75, 3.05) is 0 Å². The lowest BCUT2D eigenvalue weighted by Gasteiger charge is -2.15. The molecule has 4 heteroatoms. The smallest absolute Gasteiger partial charge is 0.317 e. The van der Waals surface area contributed by atoms with E-state index >= 15 is 0 Å². The Kier molecular flexibility index (Phi) is 3.50. The lowest BCUT2D eigenvalue weighted by atomic mass is 9.91. The molecular weight excluding hydrogens is 319 g/mol. The molecule has 0 aliphatic heterocycles. The molecule has 0 spiro atoms. The maximum Gasteiger partial charge on any atom is 0.317 e. The number of rotatable bonds is 3. The molecule has 2 aromatic carbocycles. The number of benzene rings is 2. The zero-order valence-corrected chi connectivity index (χ0v) is 13.9. The highest BCUT2D eigenvalue weighted by Crippen LogP contribution is 2.65. The van der Waals surface area contributed by atoms with Crippen LogP contribution in [0, 0.1) is 13.8 Å². The summed E-state index contributed by atoms with van der Waals surface area (Å²) in [4.78, 5) is 11.6. The first-order valence-electron chi connectivity index (χ1n) is 7.08. The zero-order chi connectivity index (χ0) is 16.1. The second-order valence-electron chi connectivity index (χ2n) is 5.94. The van der Waals surface area contributed by atoms with Crippen molar-refractivity contribution in [2.24, 2.45) is 0 Å². The van der Waals surface area contributed by atoms with Crippen LogP contribution in [0.25, 0.3) is 11.1 Å². The van der Waals surface area contributed by atoms with Crippen molar-refractivity contribution in [3.8, 4) is 11.1 Å². The zero-order valence-electron chi connectivity index (χ0n) is 12.4. The standard InChI is InChI=1S/C18H16Cl2O2/c1-11-4-3-5-12(2)15(11)13-6-8-14(9-7-13)17(16(21)22)10-18(17,19)20/h3-9H,10H2,1-2H3,(H,21,22). The second-order valence-corrected chi connectivity index (χ2v) is 7.42. The predicted octanol–water partition coefficient (Wildman–Crippen LogP) is 4.87. The fourth-order valence-electron chi connectivity index (χ4n) is 3.15. The van der Waals surface area contributed by atoms with Crippen LogP contribution in [-0.4, -0.2) is 15.4 Å². The summed E-state index contributed by atoms with van der Waals surface area (Å²) in [6.45, 7) is 4.14. The molecule has 1 aliphatic carbocycles. The minimum atomic E-state index is -1.22. The van der Waals surface area contributed by atoms with Crippen molar-refractivity contribution in [3.63, 3.8) is 0 Å². The van der Waals surface area contributed by atoms with Gasteiger partial charge in [0.2, 0.25) is 0 Å². The molecule has 1 aliphatic rings. The lowest BCUT2D eigenvalue weighted by Crippen LogP contribution is -2.26. The highest BCUT2D eigenvalue weighted by Gasteiger charge is 2.72. The van der Waals surface area contributed by atoms with E-state index in [4.69, 9.17) is 23.2 Å². The van der Waals surface area contributed by atoms with E-state index in [0.29, 0.717) is 5.56 Å². The van der Waals surface area contributed by atoms with E-state index in [0.717, 1.165) is 5.56 Å². The lowest BCUT2D eigenvalue weighted by molar-refractivity contribution is -0.140. The van der Waals surface area contributed by atoms with Gasteiger partial charge in [-0.1, -0.05) is 65.7 Å². The summed E-state index contributed by atoms with van der Waals surface area (Å²) in [5.74, 6) is -0.975. The van der Waals surface area contributed by atoms with E-state index in [9.17, 15) is 9.90 Å². The minimum absolute atomic E-state index is 0.237. The average Bonchev–Trinajstić information content (AvgIpc) is 3.04. The predicted molar refractivity (Wildman–Crippen MR) is 89.7 cm³/mol. The van der Waals surface area contributed by atoms with Gasteiger partial charge in [-0.15, -0.1) is 0 Å². The van der Waals surface area contributed by atoms with Gasteiger partial charge in [0, 0.05) is 6.42 Å². The molecule has 0 bridgehead atoms. The third-order valence-electron chi connectivity index (χ3n) is 4.50. The Bertz CT molecular complexity index is 730. The molecule has 1 N–H and O–H groups in total. The van der Waals surface area contributed by atoms with E-state index in [-0.39, 0.29) is 6.42 Å². The number of halogens is 2. The minimum Gasteiger partial charge on any atom is -0.480 e.